The van der Waals surface area contributed by atoms with Crippen LogP contribution in [0.25, 0.3) is 10.8 Å². The van der Waals surface area contributed by atoms with Crippen molar-refractivity contribution in [1.82, 2.24) is 0 Å². The molecule has 0 aliphatic rings. The highest BCUT2D eigenvalue weighted by molar-refractivity contribution is 6.73. The maximum absolute atomic E-state index is 2.41. The molecule has 2 aromatic carbocycles. The lowest BCUT2D eigenvalue weighted by Gasteiger charge is -2.11. The van der Waals surface area contributed by atoms with Gasteiger partial charge >= 0.3 is 0 Å². The molecule has 0 unspecified atom stereocenters. The molecule has 84 valence electrons. The molecule has 0 spiro atoms. The van der Waals surface area contributed by atoms with Gasteiger partial charge in [0, 0.05) is 0 Å². The van der Waals surface area contributed by atoms with Gasteiger partial charge in [0.25, 0.3) is 0 Å². The molecule has 2 aromatic rings. The largest absolute Gasteiger partial charge is 0.0682 e. The average molecular weight is 244 g/mol. The Morgan fingerprint density at radius 1 is 0.812 bits per heavy atom. The second kappa shape index (κ2) is 4.56. The summed E-state index contributed by atoms with van der Waals surface area (Å²) in [5.41, 5.74) is 0. The molecular weight excluding hydrogens is 224 g/mol. The Bertz CT molecular complexity index is 501. The summed E-state index contributed by atoms with van der Waals surface area (Å²) in [6.45, 7) is 9.59. The van der Waals surface area contributed by atoms with Gasteiger partial charge in [-0.15, -0.1) is 0 Å². The average Bonchev–Trinajstić information content (AvgIpc) is 2.27. The van der Waals surface area contributed by atoms with Gasteiger partial charge in [0.05, 0.1) is 17.6 Å². The van der Waals surface area contributed by atoms with Crippen LogP contribution < -0.4 is 10.4 Å². The van der Waals surface area contributed by atoms with E-state index in [4.69, 9.17) is 0 Å². The molecule has 16 heavy (non-hydrogen) atoms. The highest BCUT2D eigenvalue weighted by atomic mass is 28.3. The summed E-state index contributed by atoms with van der Waals surface area (Å²) < 4.78 is 0. The zero-order valence-electron chi connectivity index (χ0n) is 10.6. The Morgan fingerprint density at radius 2 is 1.56 bits per heavy atom. The Kier molecular flexibility index (Phi) is 3.31. The molecule has 0 fully saturated rings. The summed E-state index contributed by atoms with van der Waals surface area (Å²) in [7, 11) is -1.37. The van der Waals surface area contributed by atoms with Crippen molar-refractivity contribution in [2.75, 3.05) is 0 Å². The van der Waals surface area contributed by atoms with E-state index >= 15 is 0 Å². The van der Waals surface area contributed by atoms with Crippen LogP contribution in [0.3, 0.4) is 0 Å². The molecule has 0 radical (unpaired) electrons. The van der Waals surface area contributed by atoms with Crippen LogP contribution in [0.15, 0.2) is 36.4 Å². The van der Waals surface area contributed by atoms with E-state index in [1.807, 2.05) is 0 Å². The van der Waals surface area contributed by atoms with Crippen LogP contribution >= 0.6 is 0 Å². The van der Waals surface area contributed by atoms with Crippen LogP contribution in [-0.2, 0) is 0 Å². The first-order valence-electron chi connectivity index (χ1n) is 6.12. The lowest BCUT2D eigenvalue weighted by Crippen LogP contribution is -2.25. The van der Waals surface area contributed by atoms with E-state index in [1.165, 1.54) is 10.8 Å². The van der Waals surface area contributed by atoms with Crippen molar-refractivity contribution in [3.05, 3.63) is 36.4 Å². The van der Waals surface area contributed by atoms with E-state index in [-0.39, 0.29) is 0 Å². The predicted octanol–water partition coefficient (Wildman–Crippen LogP) is 2.23. The summed E-state index contributed by atoms with van der Waals surface area (Å²) in [5.74, 6) is 0. The summed E-state index contributed by atoms with van der Waals surface area (Å²) in [6, 6.07) is 13.9. The van der Waals surface area contributed by atoms with Crippen LogP contribution in [-0.4, -0.2) is 17.6 Å². The van der Waals surface area contributed by atoms with Crippen LogP contribution in [0, 0.1) is 0 Å². The van der Waals surface area contributed by atoms with Gasteiger partial charge in [-0.3, -0.25) is 0 Å². The maximum Gasteiger partial charge on any atom is 0.0655 e. The zero-order valence-corrected chi connectivity index (χ0v) is 12.9. The van der Waals surface area contributed by atoms with Crippen LogP contribution in [0.2, 0.25) is 26.2 Å². The minimum absolute atomic E-state index is 0.665. The molecule has 0 atom stereocenters. The van der Waals surface area contributed by atoms with Crippen molar-refractivity contribution in [2.45, 2.75) is 26.2 Å². The van der Waals surface area contributed by atoms with E-state index in [9.17, 15) is 0 Å². The molecule has 0 aliphatic carbocycles. The third-order valence-electron chi connectivity index (χ3n) is 3.23. The first kappa shape index (κ1) is 11.6. The van der Waals surface area contributed by atoms with Crippen LogP contribution in [0.4, 0.5) is 0 Å². The minimum atomic E-state index is -0.708. The zero-order chi connectivity index (χ0) is 11.7. The maximum atomic E-state index is 2.41. The number of benzene rings is 2. The van der Waals surface area contributed by atoms with Gasteiger partial charge in [0.1, 0.15) is 0 Å². The monoisotopic (exact) mass is 244 g/mol. The van der Waals surface area contributed by atoms with Gasteiger partial charge in [0.2, 0.25) is 0 Å². The molecule has 2 rings (SSSR count). The fraction of sp³-hybridized carbons (Fsp3) is 0.286. The molecule has 2 heteroatoms. The molecule has 0 N–H and O–H groups in total. The van der Waals surface area contributed by atoms with Gasteiger partial charge in [-0.2, -0.15) is 0 Å². The predicted molar refractivity (Wildman–Crippen MR) is 81.0 cm³/mol. The van der Waals surface area contributed by atoms with Gasteiger partial charge in [-0.1, -0.05) is 73.0 Å². The standard InChI is InChI=1S/C14H20Si2/c1-15(2)12-8-9-13-11(10-12)6-5-7-14(13)16(3)4/h5-10,15-16H,1-4H3. The minimum Gasteiger partial charge on any atom is -0.0682 e. The molecule has 0 heterocycles. The van der Waals surface area contributed by atoms with E-state index in [1.54, 1.807) is 10.4 Å². The molecule has 0 bridgehead atoms. The van der Waals surface area contributed by atoms with Crippen LogP contribution in [0.5, 0.6) is 0 Å². The van der Waals surface area contributed by atoms with E-state index in [0.29, 0.717) is 0 Å². The molecule has 0 aliphatic heterocycles. The van der Waals surface area contributed by atoms with Gasteiger partial charge in [-0.05, 0) is 10.8 Å². The van der Waals surface area contributed by atoms with Crippen molar-refractivity contribution < 1.29 is 0 Å². The Labute approximate surface area is 102 Å². The van der Waals surface area contributed by atoms with Crippen molar-refractivity contribution in [3.63, 3.8) is 0 Å². The second-order valence-electron chi connectivity index (χ2n) is 5.14. The molecule has 0 saturated carbocycles. The Morgan fingerprint density at radius 3 is 2.19 bits per heavy atom. The highest BCUT2D eigenvalue weighted by Crippen LogP contribution is 2.11. The molecular formula is C14H20Si2. The first-order valence-corrected chi connectivity index (χ1v) is 11.9. The number of fused-ring (bicyclic) bond motifs is 1. The van der Waals surface area contributed by atoms with Gasteiger partial charge in [-0.25, -0.2) is 0 Å². The highest BCUT2D eigenvalue weighted by Gasteiger charge is 2.07. The fourth-order valence-electron chi connectivity index (χ4n) is 2.19. The fourth-order valence-corrected chi connectivity index (χ4v) is 4.56. The van der Waals surface area contributed by atoms with Crippen molar-refractivity contribution in [2.24, 2.45) is 0 Å². The van der Waals surface area contributed by atoms with E-state index < -0.39 is 17.6 Å². The quantitative estimate of drug-likeness (QED) is 0.711. The van der Waals surface area contributed by atoms with Crippen molar-refractivity contribution in [1.29, 1.82) is 0 Å². The SMILES string of the molecule is C[SiH](C)c1ccc2c([SiH](C)C)cccc2c1. The lowest BCUT2D eigenvalue weighted by atomic mass is 10.1. The van der Waals surface area contributed by atoms with Crippen molar-refractivity contribution >= 4 is 38.7 Å². The number of hydrogen-bond donors (Lipinski definition) is 0. The van der Waals surface area contributed by atoms with Gasteiger partial charge in [0.15, 0.2) is 0 Å². The summed E-state index contributed by atoms with van der Waals surface area (Å²) >= 11 is 0. The Balaban J connectivity index is 2.64. The third kappa shape index (κ3) is 2.13. The molecule has 0 nitrogen and oxygen atoms in total. The molecule has 0 aromatic heterocycles. The van der Waals surface area contributed by atoms with Gasteiger partial charge < -0.3 is 0 Å². The number of hydrogen-bond acceptors (Lipinski definition) is 0. The topological polar surface area (TPSA) is 0 Å². The molecule has 0 amide bonds. The van der Waals surface area contributed by atoms with E-state index in [2.05, 4.69) is 62.6 Å². The normalized spacial score (nSPS) is 11.6. The third-order valence-corrected chi connectivity index (χ3v) is 6.67. The van der Waals surface area contributed by atoms with E-state index in [0.717, 1.165) is 0 Å². The summed E-state index contributed by atoms with van der Waals surface area (Å²) in [4.78, 5) is 0. The van der Waals surface area contributed by atoms with Crippen molar-refractivity contribution in [3.8, 4) is 0 Å². The smallest absolute Gasteiger partial charge is 0.0655 e. The molecule has 0 saturated heterocycles. The summed E-state index contributed by atoms with van der Waals surface area (Å²) in [5, 5.41) is 6.12. The first-order chi connectivity index (χ1) is 7.59. The Hall–Kier alpha value is -0.866. The summed E-state index contributed by atoms with van der Waals surface area (Å²) in [6.07, 6.45) is 0. The van der Waals surface area contributed by atoms with Crippen LogP contribution in [0.1, 0.15) is 0 Å². The lowest BCUT2D eigenvalue weighted by molar-refractivity contribution is 1.78. The second-order valence-corrected chi connectivity index (χ2v) is 11.0. The number of rotatable bonds is 2.